The fourth-order valence-corrected chi connectivity index (χ4v) is 12.6. The van der Waals surface area contributed by atoms with Gasteiger partial charge in [0.15, 0.2) is 11.5 Å². The van der Waals surface area contributed by atoms with Crippen LogP contribution in [0.25, 0.3) is 27.1 Å². The van der Waals surface area contributed by atoms with Crippen molar-refractivity contribution in [3.05, 3.63) is 160 Å². The zero-order valence-electron chi connectivity index (χ0n) is 43.5. The molecule has 0 bridgehead atoms. The number of fused-ring (bicyclic) bond motifs is 6. The van der Waals surface area contributed by atoms with Gasteiger partial charge in [0, 0.05) is 77.4 Å². The van der Waals surface area contributed by atoms with E-state index >= 15 is 0 Å². The van der Waals surface area contributed by atoms with Crippen molar-refractivity contribution < 1.29 is 74.8 Å². The van der Waals surface area contributed by atoms with E-state index < -0.39 is 48.5 Å². The first kappa shape index (κ1) is 56.7. The molecule has 0 radical (unpaired) electrons. The van der Waals surface area contributed by atoms with E-state index in [1.54, 1.807) is 0 Å². The summed E-state index contributed by atoms with van der Waals surface area (Å²) in [7, 11) is -8.70. The SMILES string of the molecule is CC1(C)C(/C=C/C2=C(c3ccc(C(=O)CCCCCCC(=O)O)cc3)C(=C/C=C3/N(CCCCS(=O)(=O)[O-])c4ccc5ccccc5c4C3(C)C)/CCC2)=[N+](CCCCS(=O)(=O)[O-])c2ccc3ccccc3c21.[Na+]. The van der Waals surface area contributed by atoms with Gasteiger partial charge in [0.05, 0.1) is 25.7 Å². The van der Waals surface area contributed by atoms with Gasteiger partial charge in [0.2, 0.25) is 5.69 Å². The monoisotopic (exact) mass is 1050 g/mol. The summed E-state index contributed by atoms with van der Waals surface area (Å²) < 4.78 is 72.0. The number of ketones is 1. The molecule has 5 aromatic rings. The zero-order chi connectivity index (χ0) is 52.1. The molecule has 8 rings (SSSR count). The molecule has 0 saturated heterocycles. The van der Waals surface area contributed by atoms with Crippen LogP contribution in [0.3, 0.4) is 0 Å². The van der Waals surface area contributed by atoms with Crippen molar-refractivity contribution >= 4 is 76.2 Å². The van der Waals surface area contributed by atoms with Crippen molar-refractivity contribution in [3.63, 3.8) is 0 Å². The maximum absolute atomic E-state index is 13.5. The van der Waals surface area contributed by atoms with E-state index in [9.17, 15) is 35.5 Å². The van der Waals surface area contributed by atoms with Crippen molar-refractivity contribution in [2.45, 2.75) is 122 Å². The zero-order valence-corrected chi connectivity index (χ0v) is 47.1. The second-order valence-corrected chi connectivity index (χ2v) is 23.9. The molecule has 0 saturated carbocycles. The normalized spacial score (nSPS) is 17.5. The summed E-state index contributed by atoms with van der Waals surface area (Å²) in [5, 5.41) is 13.6. The molecule has 3 aliphatic rings. The van der Waals surface area contributed by atoms with Crippen molar-refractivity contribution in [1.82, 2.24) is 0 Å². The molecule has 0 amide bonds. The topological polar surface area (TPSA) is 175 Å². The van der Waals surface area contributed by atoms with E-state index in [0.29, 0.717) is 50.8 Å². The van der Waals surface area contributed by atoms with E-state index in [0.717, 1.165) is 98.7 Å². The summed E-state index contributed by atoms with van der Waals surface area (Å²) in [5.74, 6) is -1.59. The Morgan fingerprint density at radius 2 is 1.27 bits per heavy atom. The number of carboxylic acid groups (broad SMARTS) is 1. The molecule has 2 heterocycles. The number of carbonyl (C=O) groups is 2. The third-order valence-electron chi connectivity index (χ3n) is 15.0. The molecule has 74 heavy (non-hydrogen) atoms. The fraction of sp³-hybridized carbons (Fsp3) is 0.383. The predicted octanol–water partition coefficient (Wildman–Crippen LogP) is 9.43. The largest absolute Gasteiger partial charge is 1.00 e. The van der Waals surface area contributed by atoms with Crippen LogP contribution >= 0.6 is 0 Å². The van der Waals surface area contributed by atoms with Crippen LogP contribution in [-0.4, -0.2) is 77.7 Å². The van der Waals surface area contributed by atoms with Crippen LogP contribution in [0.15, 0.2) is 138 Å². The van der Waals surface area contributed by atoms with Crippen molar-refractivity contribution in [2.75, 3.05) is 29.5 Å². The average molecular weight is 1050 g/mol. The Morgan fingerprint density at radius 1 is 0.662 bits per heavy atom. The first-order valence-electron chi connectivity index (χ1n) is 25.8. The van der Waals surface area contributed by atoms with Crippen LogP contribution in [0, 0.1) is 0 Å². The molecule has 5 aromatic carbocycles. The third kappa shape index (κ3) is 13.0. The molecule has 0 fully saturated rings. The average Bonchev–Trinajstić information content (AvgIpc) is 3.71. The second kappa shape index (κ2) is 23.9. The van der Waals surface area contributed by atoms with Crippen molar-refractivity contribution in [3.8, 4) is 0 Å². The van der Waals surface area contributed by atoms with Gasteiger partial charge in [-0.2, -0.15) is 4.58 Å². The first-order valence-corrected chi connectivity index (χ1v) is 28.9. The molecule has 0 unspecified atom stereocenters. The Hall–Kier alpha value is -4.99. The summed E-state index contributed by atoms with van der Waals surface area (Å²) in [4.78, 5) is 26.7. The Morgan fingerprint density at radius 3 is 1.92 bits per heavy atom. The van der Waals surface area contributed by atoms with Crippen LogP contribution in [0.4, 0.5) is 11.4 Å². The van der Waals surface area contributed by atoms with Crippen LogP contribution in [0.5, 0.6) is 0 Å². The van der Waals surface area contributed by atoms with Gasteiger partial charge in [-0.05, 0) is 133 Å². The van der Waals surface area contributed by atoms with E-state index in [2.05, 4.69) is 122 Å². The van der Waals surface area contributed by atoms with Crippen LogP contribution in [0.2, 0.25) is 0 Å². The number of hydrogen-bond acceptors (Lipinski definition) is 9. The van der Waals surface area contributed by atoms with Gasteiger partial charge >= 0.3 is 35.5 Å². The Labute approximate surface area is 459 Å². The maximum atomic E-state index is 13.5. The van der Waals surface area contributed by atoms with Crippen LogP contribution < -0.4 is 34.5 Å². The summed E-state index contributed by atoms with van der Waals surface area (Å²) in [6, 6.07) is 33.2. The van der Waals surface area contributed by atoms with E-state index in [-0.39, 0.29) is 54.6 Å². The Balaban J connectivity index is 0.00000800. The van der Waals surface area contributed by atoms with Gasteiger partial charge in [0.25, 0.3) is 0 Å². The number of nitrogens with zero attached hydrogens (tertiary/aromatic N) is 2. The predicted molar refractivity (Wildman–Crippen MR) is 291 cm³/mol. The molecular formula is C60H67N2NaO9S2. The molecule has 0 spiro atoms. The smallest absolute Gasteiger partial charge is 0.748 e. The van der Waals surface area contributed by atoms with Gasteiger partial charge in [0.1, 0.15) is 6.54 Å². The van der Waals surface area contributed by atoms with Gasteiger partial charge in [-0.15, -0.1) is 0 Å². The van der Waals surface area contributed by atoms with Gasteiger partial charge in [-0.25, -0.2) is 16.8 Å². The molecule has 14 heteroatoms. The second-order valence-electron chi connectivity index (χ2n) is 20.9. The summed E-state index contributed by atoms with van der Waals surface area (Å²) >= 11 is 0. The quantitative estimate of drug-likeness (QED) is 0.0231. The van der Waals surface area contributed by atoms with Gasteiger partial charge < -0.3 is 19.1 Å². The fourth-order valence-electron chi connectivity index (χ4n) is 11.5. The number of aliphatic carboxylic acids is 1. The number of unbranched alkanes of at least 4 members (excludes halogenated alkanes) is 5. The van der Waals surface area contributed by atoms with Gasteiger partial charge in [-0.1, -0.05) is 118 Å². The third-order valence-corrected chi connectivity index (χ3v) is 16.6. The van der Waals surface area contributed by atoms with Crippen LogP contribution in [-0.2, 0) is 35.9 Å². The molecule has 0 atom stereocenters. The van der Waals surface area contributed by atoms with E-state index in [4.69, 9.17) is 5.11 Å². The molecule has 0 aromatic heterocycles. The minimum absolute atomic E-state index is 0. The molecular weight excluding hydrogens is 980 g/mol. The number of rotatable bonds is 22. The number of anilines is 1. The summed E-state index contributed by atoms with van der Waals surface area (Å²) in [6.45, 7) is 9.99. The van der Waals surface area contributed by atoms with E-state index in [1.807, 2.05) is 36.4 Å². The molecule has 1 aliphatic carbocycles. The molecule has 1 N–H and O–H groups in total. The number of allylic oxidation sites excluding steroid dienone is 8. The minimum Gasteiger partial charge on any atom is -0.748 e. The Kier molecular flexibility index (Phi) is 18.3. The summed E-state index contributed by atoms with van der Waals surface area (Å²) in [6.07, 6.45) is 16.3. The number of hydrogen-bond donors (Lipinski definition) is 1. The number of carboxylic acids is 1. The van der Waals surface area contributed by atoms with Crippen LogP contribution in [0.1, 0.15) is 138 Å². The Bertz CT molecular complexity index is 3330. The molecule has 384 valence electrons. The van der Waals surface area contributed by atoms with Gasteiger partial charge in [-0.3, -0.25) is 9.59 Å². The standard InChI is InChI=1S/C60H68N2O9S2.Na/c1-59(2)53(61(38-13-15-40-72(66,67)68)50-34-30-42-18-9-11-22-48(42)57(50)59)36-32-45-20-17-21-46(56(45)47-28-26-44(27-29-47)52(63)24-7-5-6-8-25-55(64)65)33-37-54-60(3,4)58-49-23-12-10-19-43(49)31-35-51(58)62(54)39-14-16-41-73(69,70)71;/h9-12,18-19,22-23,26-37H,5-8,13-17,20-21,24-25,38-41H2,1-4H3,(H2-,64,65,66,67,68,69,70,71);/q;+1/p-1. The van der Waals surface area contributed by atoms with Crippen molar-refractivity contribution in [1.29, 1.82) is 0 Å². The minimum atomic E-state index is -4.35. The van der Waals surface area contributed by atoms with Crippen molar-refractivity contribution in [2.24, 2.45) is 0 Å². The number of Topliss-reactive ketones (excluding diaryl/α,β-unsaturated/α-hetero) is 1. The molecule has 2 aliphatic heterocycles. The molecule has 11 nitrogen and oxygen atoms in total. The number of carbonyl (C=O) groups excluding carboxylic acids is 1. The first-order chi connectivity index (χ1) is 34.7. The summed E-state index contributed by atoms with van der Waals surface area (Å²) in [5.41, 5.74) is 10.7. The number of benzene rings is 5. The van der Waals surface area contributed by atoms with E-state index in [1.165, 1.54) is 11.1 Å². The maximum Gasteiger partial charge on any atom is 1.00 e.